The van der Waals surface area contributed by atoms with Crippen molar-refractivity contribution in [2.24, 2.45) is 0 Å². The van der Waals surface area contributed by atoms with E-state index in [1.807, 2.05) is 54.6 Å². The predicted molar refractivity (Wildman–Crippen MR) is 113 cm³/mol. The maximum atomic E-state index is 12.8. The number of rotatable bonds is 5. The molecule has 9 heteroatoms. The number of carbonyl (C=O) groups excluding carboxylic acids is 3. The molecule has 0 aliphatic carbocycles. The lowest BCUT2D eigenvalue weighted by Crippen LogP contribution is -2.56. The van der Waals surface area contributed by atoms with E-state index in [2.05, 4.69) is 0 Å². The van der Waals surface area contributed by atoms with E-state index in [4.69, 9.17) is 4.74 Å². The van der Waals surface area contributed by atoms with Crippen LogP contribution in [-0.4, -0.2) is 63.4 Å². The minimum absolute atomic E-state index is 0.103. The topological polar surface area (TPSA) is 107 Å². The van der Waals surface area contributed by atoms with Crippen LogP contribution in [0.2, 0.25) is 0 Å². The SMILES string of the molecule is CN1C(=O)N(C2CCC(=O)N(C(=O)O)C2=O)CC1c1ccc(OCc2ccccc2)cc1. The Kier molecular flexibility index (Phi) is 5.81. The second-order valence-electron chi connectivity index (χ2n) is 7.81. The molecular formula is C23H23N3O6. The van der Waals surface area contributed by atoms with Crippen LogP contribution in [0.5, 0.6) is 5.75 Å². The number of nitrogens with zero attached hydrogens (tertiary/aromatic N) is 3. The Hall–Kier alpha value is -3.88. The highest BCUT2D eigenvalue weighted by molar-refractivity contribution is 6.12. The van der Waals surface area contributed by atoms with E-state index in [1.54, 1.807) is 7.05 Å². The van der Waals surface area contributed by atoms with Gasteiger partial charge in [-0.05, 0) is 29.7 Å². The summed E-state index contributed by atoms with van der Waals surface area (Å²) in [6.07, 6.45) is -1.61. The van der Waals surface area contributed by atoms with Gasteiger partial charge in [0.05, 0.1) is 6.04 Å². The van der Waals surface area contributed by atoms with Gasteiger partial charge in [-0.25, -0.2) is 9.59 Å². The Morgan fingerprint density at radius 3 is 2.38 bits per heavy atom. The minimum Gasteiger partial charge on any atom is -0.489 e. The maximum Gasteiger partial charge on any atom is 0.421 e. The van der Waals surface area contributed by atoms with Crippen LogP contribution in [0.25, 0.3) is 0 Å². The van der Waals surface area contributed by atoms with Crippen LogP contribution in [-0.2, 0) is 16.2 Å². The van der Waals surface area contributed by atoms with E-state index in [0.29, 0.717) is 12.4 Å². The molecule has 0 bridgehead atoms. The zero-order valence-corrected chi connectivity index (χ0v) is 17.5. The normalized spacial score (nSPS) is 21.3. The molecule has 2 fully saturated rings. The molecule has 2 aliphatic rings. The number of benzene rings is 2. The number of imide groups is 3. The van der Waals surface area contributed by atoms with E-state index >= 15 is 0 Å². The summed E-state index contributed by atoms with van der Waals surface area (Å²) in [7, 11) is 1.64. The van der Waals surface area contributed by atoms with Crippen molar-refractivity contribution in [1.29, 1.82) is 0 Å². The first-order valence-electron chi connectivity index (χ1n) is 10.3. The Labute approximate surface area is 184 Å². The number of likely N-dealkylation sites (N-methyl/N-ethyl adjacent to an activating group) is 1. The fraction of sp³-hybridized carbons (Fsp3) is 0.304. The molecule has 0 saturated carbocycles. The number of hydrogen-bond acceptors (Lipinski definition) is 5. The fourth-order valence-corrected chi connectivity index (χ4v) is 4.10. The van der Waals surface area contributed by atoms with Crippen LogP contribution in [0.1, 0.15) is 30.0 Å². The van der Waals surface area contributed by atoms with Gasteiger partial charge in [-0.15, -0.1) is 0 Å². The highest BCUT2D eigenvalue weighted by Gasteiger charge is 2.47. The molecular weight excluding hydrogens is 414 g/mol. The number of ether oxygens (including phenoxy) is 1. The van der Waals surface area contributed by atoms with Crippen LogP contribution in [0.3, 0.4) is 0 Å². The van der Waals surface area contributed by atoms with Gasteiger partial charge in [0.15, 0.2) is 0 Å². The van der Waals surface area contributed by atoms with Crippen molar-refractivity contribution in [3.63, 3.8) is 0 Å². The largest absolute Gasteiger partial charge is 0.489 e. The van der Waals surface area contributed by atoms with E-state index in [0.717, 1.165) is 11.1 Å². The summed E-state index contributed by atoms with van der Waals surface area (Å²) in [5.74, 6) is -0.943. The molecule has 2 aromatic rings. The number of carboxylic acid groups (broad SMARTS) is 1. The quantitative estimate of drug-likeness (QED) is 0.721. The third kappa shape index (κ3) is 4.01. The maximum absolute atomic E-state index is 12.8. The molecule has 0 aromatic heterocycles. The first kappa shape index (κ1) is 21.4. The molecule has 0 spiro atoms. The molecule has 2 heterocycles. The lowest BCUT2D eigenvalue weighted by atomic mass is 10.0. The Morgan fingerprint density at radius 2 is 1.72 bits per heavy atom. The Morgan fingerprint density at radius 1 is 1.03 bits per heavy atom. The smallest absolute Gasteiger partial charge is 0.421 e. The third-order valence-electron chi connectivity index (χ3n) is 5.85. The fourth-order valence-electron chi connectivity index (χ4n) is 4.10. The van der Waals surface area contributed by atoms with E-state index in [-0.39, 0.29) is 36.4 Å². The van der Waals surface area contributed by atoms with Crippen molar-refractivity contribution in [3.8, 4) is 5.75 Å². The molecule has 2 aromatic carbocycles. The Balaban J connectivity index is 1.45. The molecule has 5 amide bonds. The predicted octanol–water partition coefficient (Wildman–Crippen LogP) is 2.87. The third-order valence-corrected chi connectivity index (χ3v) is 5.85. The zero-order valence-electron chi connectivity index (χ0n) is 17.5. The summed E-state index contributed by atoms with van der Waals surface area (Å²) in [5.41, 5.74) is 1.92. The van der Waals surface area contributed by atoms with Crippen molar-refractivity contribution in [2.75, 3.05) is 13.6 Å². The number of amides is 5. The highest BCUT2D eigenvalue weighted by Crippen LogP contribution is 2.33. The average Bonchev–Trinajstić information content (AvgIpc) is 3.08. The molecule has 166 valence electrons. The van der Waals surface area contributed by atoms with E-state index in [9.17, 15) is 24.3 Å². The molecule has 2 aliphatic heterocycles. The molecule has 2 atom stereocenters. The van der Waals surface area contributed by atoms with Crippen molar-refractivity contribution < 1.29 is 29.0 Å². The van der Waals surface area contributed by atoms with E-state index in [1.165, 1.54) is 9.80 Å². The summed E-state index contributed by atoms with van der Waals surface area (Å²) in [4.78, 5) is 51.6. The average molecular weight is 437 g/mol. The number of hydrogen-bond donors (Lipinski definition) is 1. The van der Waals surface area contributed by atoms with Crippen LogP contribution in [0.4, 0.5) is 9.59 Å². The lowest BCUT2D eigenvalue weighted by molar-refractivity contribution is -0.148. The van der Waals surface area contributed by atoms with Gasteiger partial charge in [0.2, 0.25) is 5.91 Å². The Bertz CT molecular complexity index is 1040. The van der Waals surface area contributed by atoms with Crippen LogP contribution < -0.4 is 4.74 Å². The van der Waals surface area contributed by atoms with Crippen molar-refractivity contribution in [3.05, 3.63) is 65.7 Å². The summed E-state index contributed by atoms with van der Waals surface area (Å²) >= 11 is 0. The van der Waals surface area contributed by atoms with Crippen molar-refractivity contribution in [1.82, 2.24) is 14.7 Å². The van der Waals surface area contributed by atoms with Gasteiger partial charge < -0.3 is 19.6 Å². The standard InChI is InChI=1S/C23H23N3O6/c1-24-19(16-7-9-17(10-8-16)32-14-15-5-3-2-4-6-15)13-25(22(24)29)18-11-12-20(27)26(21(18)28)23(30)31/h2-10,18-19H,11-14H2,1H3,(H,30,31). The summed E-state index contributed by atoms with van der Waals surface area (Å²) in [6, 6.07) is 15.5. The second kappa shape index (κ2) is 8.70. The summed E-state index contributed by atoms with van der Waals surface area (Å²) in [6.45, 7) is 0.663. The van der Waals surface area contributed by atoms with Gasteiger partial charge in [-0.1, -0.05) is 42.5 Å². The highest BCUT2D eigenvalue weighted by atomic mass is 16.5. The van der Waals surface area contributed by atoms with Gasteiger partial charge in [-0.2, -0.15) is 4.90 Å². The van der Waals surface area contributed by atoms with Crippen molar-refractivity contribution >= 4 is 23.9 Å². The van der Waals surface area contributed by atoms with Crippen LogP contribution in [0, 0.1) is 0 Å². The molecule has 1 N–H and O–H groups in total. The zero-order chi connectivity index (χ0) is 22.8. The molecule has 9 nitrogen and oxygen atoms in total. The van der Waals surface area contributed by atoms with Gasteiger partial charge >= 0.3 is 12.1 Å². The first-order chi connectivity index (χ1) is 15.4. The van der Waals surface area contributed by atoms with Crippen LogP contribution in [0.15, 0.2) is 54.6 Å². The van der Waals surface area contributed by atoms with Gasteiger partial charge in [-0.3, -0.25) is 9.59 Å². The first-order valence-corrected chi connectivity index (χ1v) is 10.3. The molecule has 32 heavy (non-hydrogen) atoms. The number of carbonyl (C=O) groups is 4. The minimum atomic E-state index is -1.62. The van der Waals surface area contributed by atoms with Gasteiger partial charge in [0, 0.05) is 20.0 Å². The van der Waals surface area contributed by atoms with Gasteiger partial charge in [0.1, 0.15) is 18.4 Å². The summed E-state index contributed by atoms with van der Waals surface area (Å²) in [5, 5.41) is 9.19. The molecule has 2 saturated heterocycles. The molecule has 4 rings (SSSR count). The van der Waals surface area contributed by atoms with Crippen LogP contribution >= 0.6 is 0 Å². The van der Waals surface area contributed by atoms with Crippen molar-refractivity contribution in [2.45, 2.75) is 31.5 Å². The molecule has 0 radical (unpaired) electrons. The lowest BCUT2D eigenvalue weighted by Gasteiger charge is -2.32. The second-order valence-corrected chi connectivity index (χ2v) is 7.81. The number of piperidine rings is 1. The van der Waals surface area contributed by atoms with E-state index < -0.39 is 23.9 Å². The number of likely N-dealkylation sites (tertiary alicyclic amines) is 1. The monoisotopic (exact) mass is 437 g/mol. The molecule has 2 unspecified atom stereocenters. The number of urea groups is 1. The summed E-state index contributed by atoms with van der Waals surface area (Å²) < 4.78 is 5.80. The van der Waals surface area contributed by atoms with Gasteiger partial charge in [0.25, 0.3) is 5.91 Å².